The molecule has 1 aliphatic carbocycles. The Bertz CT molecular complexity index is 990. The fraction of sp³-hybridized carbons (Fsp3) is 0.697. The minimum atomic E-state index is -0.883. The summed E-state index contributed by atoms with van der Waals surface area (Å²) in [5.41, 5.74) is 6.41. The third kappa shape index (κ3) is 8.33. The SMILES string of the molecule is C=C/C=C\C(C)C(OC(N)=O)C(C)C(O)C(C)/C=C(\C)C1C(C)C(O)C(C)C1/C=C/C[C@@H]1OC(=O)[C@H](C)C(O)[C@@H]1C. The minimum absolute atomic E-state index is 0.00164. The number of aliphatic hydroxyl groups is 3. The molecule has 2 aliphatic rings. The summed E-state index contributed by atoms with van der Waals surface area (Å²) in [6, 6.07) is 0. The van der Waals surface area contributed by atoms with Crippen molar-refractivity contribution in [1.82, 2.24) is 0 Å². The van der Waals surface area contributed by atoms with Crippen LogP contribution >= 0.6 is 0 Å². The maximum absolute atomic E-state index is 12.1. The maximum atomic E-state index is 12.1. The average molecular weight is 576 g/mol. The number of carbonyl (C=O) groups excluding carboxylic acids is 2. The van der Waals surface area contributed by atoms with Crippen molar-refractivity contribution in [3.05, 3.63) is 48.6 Å². The molecule has 8 heteroatoms. The Morgan fingerprint density at radius 3 is 2.29 bits per heavy atom. The molecule has 1 heterocycles. The van der Waals surface area contributed by atoms with Gasteiger partial charge in [0.15, 0.2) is 0 Å². The standard InChI is InChI=1S/C33H53NO7/c1-10-11-13-17(2)31(41-33(34)39)23(8)28(35)19(4)16-18(3)27-22(7)29(36)20(5)25(27)14-12-15-26-21(6)30(37)24(9)32(38)40-26/h10-14,16-17,19-31,35-37H,1,15H2,2-9H3,(H2,34,39)/b13-11-,14-12+,18-16+/t17?,19?,20?,21-,22?,23?,24-,25?,26+,27?,28?,29?,30?,31?/m1/s1. The Hall–Kier alpha value is -2.42. The highest BCUT2D eigenvalue weighted by Crippen LogP contribution is 2.46. The van der Waals surface area contributed by atoms with Crippen molar-refractivity contribution in [1.29, 1.82) is 0 Å². The second kappa shape index (κ2) is 15.2. The van der Waals surface area contributed by atoms with Crippen LogP contribution in [0.25, 0.3) is 0 Å². The van der Waals surface area contributed by atoms with Gasteiger partial charge in [-0.2, -0.15) is 0 Å². The Labute approximate surface area is 246 Å². The van der Waals surface area contributed by atoms with E-state index in [0.717, 1.165) is 5.57 Å². The number of amides is 1. The number of carbonyl (C=O) groups is 2. The second-order valence-electron chi connectivity index (χ2n) is 12.6. The third-order valence-electron chi connectivity index (χ3n) is 9.64. The maximum Gasteiger partial charge on any atom is 0.404 e. The lowest BCUT2D eigenvalue weighted by Gasteiger charge is -2.36. The van der Waals surface area contributed by atoms with Gasteiger partial charge in [0.25, 0.3) is 0 Å². The van der Waals surface area contributed by atoms with E-state index in [2.05, 4.69) is 18.7 Å². The average Bonchev–Trinajstić information content (AvgIpc) is 3.14. The zero-order valence-corrected chi connectivity index (χ0v) is 26.0. The smallest absolute Gasteiger partial charge is 0.404 e. The van der Waals surface area contributed by atoms with Gasteiger partial charge in [0.05, 0.1) is 24.2 Å². The van der Waals surface area contributed by atoms with Gasteiger partial charge in [-0.1, -0.05) is 90.2 Å². The molecular weight excluding hydrogens is 522 g/mol. The molecule has 0 aromatic carbocycles. The molecule has 1 saturated heterocycles. The number of nitrogens with two attached hydrogens (primary N) is 1. The largest absolute Gasteiger partial charge is 0.461 e. The molecule has 41 heavy (non-hydrogen) atoms. The van der Waals surface area contributed by atoms with E-state index in [-0.39, 0.29) is 47.4 Å². The van der Waals surface area contributed by atoms with E-state index in [0.29, 0.717) is 6.42 Å². The summed E-state index contributed by atoms with van der Waals surface area (Å²) in [5, 5.41) is 32.7. The number of aliphatic hydroxyl groups excluding tert-OH is 3. The van der Waals surface area contributed by atoms with Crippen LogP contribution in [0.15, 0.2) is 48.6 Å². The van der Waals surface area contributed by atoms with Gasteiger partial charge in [0, 0.05) is 30.1 Å². The molecule has 1 saturated carbocycles. The van der Waals surface area contributed by atoms with Gasteiger partial charge in [0.2, 0.25) is 0 Å². The number of hydrogen-bond acceptors (Lipinski definition) is 7. The summed E-state index contributed by atoms with van der Waals surface area (Å²) in [4.78, 5) is 23.8. The van der Waals surface area contributed by atoms with Crippen LogP contribution < -0.4 is 5.73 Å². The summed E-state index contributed by atoms with van der Waals surface area (Å²) in [6.45, 7) is 19.1. The number of esters is 1. The van der Waals surface area contributed by atoms with Gasteiger partial charge in [-0.3, -0.25) is 4.79 Å². The van der Waals surface area contributed by atoms with E-state index in [4.69, 9.17) is 15.2 Å². The van der Waals surface area contributed by atoms with E-state index < -0.39 is 48.4 Å². The van der Waals surface area contributed by atoms with E-state index in [1.807, 2.05) is 60.6 Å². The number of cyclic esters (lactones) is 1. The summed E-state index contributed by atoms with van der Waals surface area (Å²) in [7, 11) is 0. The van der Waals surface area contributed by atoms with Gasteiger partial charge in [-0.15, -0.1) is 0 Å². The number of allylic oxidation sites excluding steroid dienone is 4. The first-order valence-electron chi connectivity index (χ1n) is 15.0. The Morgan fingerprint density at radius 2 is 1.71 bits per heavy atom. The van der Waals surface area contributed by atoms with Crippen LogP contribution in [0.1, 0.15) is 61.8 Å². The number of ether oxygens (including phenoxy) is 2. The molecule has 2 rings (SSSR count). The zero-order chi connectivity index (χ0) is 31.2. The van der Waals surface area contributed by atoms with Crippen molar-refractivity contribution >= 4 is 12.1 Å². The van der Waals surface area contributed by atoms with Gasteiger partial charge in [-0.25, -0.2) is 4.79 Å². The van der Waals surface area contributed by atoms with E-state index >= 15 is 0 Å². The van der Waals surface area contributed by atoms with E-state index in [1.54, 1.807) is 19.1 Å². The van der Waals surface area contributed by atoms with Crippen molar-refractivity contribution in [2.75, 3.05) is 0 Å². The third-order valence-corrected chi connectivity index (χ3v) is 9.64. The Kier molecular flexibility index (Phi) is 12.9. The molecule has 0 radical (unpaired) electrons. The predicted molar refractivity (Wildman–Crippen MR) is 160 cm³/mol. The summed E-state index contributed by atoms with van der Waals surface area (Å²) in [6.07, 6.45) is 8.03. The quantitative estimate of drug-likeness (QED) is 0.149. The van der Waals surface area contributed by atoms with Crippen LogP contribution in [0.4, 0.5) is 4.79 Å². The molecule has 8 nitrogen and oxygen atoms in total. The topological polar surface area (TPSA) is 139 Å². The molecule has 1 aliphatic heterocycles. The number of primary amides is 1. The Balaban J connectivity index is 2.22. The van der Waals surface area contributed by atoms with E-state index in [1.165, 1.54) is 0 Å². The minimum Gasteiger partial charge on any atom is -0.461 e. The molecule has 2 fully saturated rings. The molecule has 1 amide bonds. The molecule has 11 unspecified atom stereocenters. The summed E-state index contributed by atoms with van der Waals surface area (Å²) < 4.78 is 11.0. The fourth-order valence-electron chi connectivity index (χ4n) is 6.91. The van der Waals surface area contributed by atoms with Crippen LogP contribution in [-0.4, -0.2) is 57.9 Å². The van der Waals surface area contributed by atoms with Crippen molar-refractivity contribution in [2.45, 2.75) is 92.3 Å². The first-order chi connectivity index (χ1) is 19.1. The first kappa shape index (κ1) is 34.8. The molecule has 0 bridgehead atoms. The van der Waals surface area contributed by atoms with E-state index in [9.17, 15) is 24.9 Å². The molecule has 0 aromatic heterocycles. The lowest BCUT2D eigenvalue weighted by atomic mass is 9.78. The van der Waals surface area contributed by atoms with Crippen LogP contribution in [0.2, 0.25) is 0 Å². The molecule has 232 valence electrons. The van der Waals surface area contributed by atoms with Gasteiger partial charge >= 0.3 is 12.1 Å². The van der Waals surface area contributed by atoms with Crippen molar-refractivity contribution in [2.24, 2.45) is 59.0 Å². The molecule has 0 spiro atoms. The van der Waals surface area contributed by atoms with Crippen LogP contribution in [0, 0.1) is 53.3 Å². The van der Waals surface area contributed by atoms with Gasteiger partial charge in [-0.05, 0) is 37.5 Å². The van der Waals surface area contributed by atoms with Crippen molar-refractivity contribution in [3.8, 4) is 0 Å². The highest BCUT2D eigenvalue weighted by Gasteiger charge is 2.45. The Morgan fingerprint density at radius 1 is 1.07 bits per heavy atom. The fourth-order valence-corrected chi connectivity index (χ4v) is 6.91. The van der Waals surface area contributed by atoms with Gasteiger partial charge < -0.3 is 30.5 Å². The lowest BCUT2D eigenvalue weighted by molar-refractivity contribution is -0.176. The first-order valence-corrected chi connectivity index (χ1v) is 15.0. The second-order valence-corrected chi connectivity index (χ2v) is 12.6. The molecule has 14 atom stereocenters. The predicted octanol–water partition coefficient (Wildman–Crippen LogP) is 4.79. The van der Waals surface area contributed by atoms with Crippen molar-refractivity contribution < 1.29 is 34.4 Å². The lowest BCUT2D eigenvalue weighted by Crippen LogP contribution is -2.46. The molecule has 0 aromatic rings. The highest BCUT2D eigenvalue weighted by molar-refractivity contribution is 5.73. The van der Waals surface area contributed by atoms with Crippen molar-refractivity contribution in [3.63, 3.8) is 0 Å². The summed E-state index contributed by atoms with van der Waals surface area (Å²) >= 11 is 0. The normalized spacial score (nSPS) is 36.5. The molecule has 5 N–H and O–H groups in total. The van der Waals surface area contributed by atoms with Gasteiger partial charge in [0.1, 0.15) is 12.2 Å². The van der Waals surface area contributed by atoms with Crippen LogP contribution in [0.5, 0.6) is 0 Å². The monoisotopic (exact) mass is 575 g/mol. The highest BCUT2D eigenvalue weighted by atomic mass is 16.6. The van der Waals surface area contributed by atoms with Crippen LogP contribution in [0.3, 0.4) is 0 Å². The molecular formula is C33H53NO7. The summed E-state index contributed by atoms with van der Waals surface area (Å²) in [5.74, 6) is -1.80. The van der Waals surface area contributed by atoms with Crippen LogP contribution in [-0.2, 0) is 14.3 Å². The number of hydrogen-bond donors (Lipinski definition) is 4. The zero-order valence-electron chi connectivity index (χ0n) is 26.0. The number of rotatable bonds is 12.